The van der Waals surface area contributed by atoms with E-state index in [9.17, 15) is 14.0 Å². The SMILES string of the molecule is O=C(C[n+]1ccc(Cc2ccccc2)cc1)NCC(=O)Nc1ccc(F)cc1. The predicted molar refractivity (Wildman–Crippen MR) is 104 cm³/mol. The lowest BCUT2D eigenvalue weighted by Crippen LogP contribution is -2.44. The summed E-state index contributed by atoms with van der Waals surface area (Å²) in [7, 11) is 0. The zero-order valence-electron chi connectivity index (χ0n) is 15.3. The second-order valence-corrected chi connectivity index (χ2v) is 6.37. The minimum atomic E-state index is -0.377. The second-order valence-electron chi connectivity index (χ2n) is 6.37. The van der Waals surface area contributed by atoms with Crippen LogP contribution in [0.3, 0.4) is 0 Å². The summed E-state index contributed by atoms with van der Waals surface area (Å²) >= 11 is 0. The van der Waals surface area contributed by atoms with Crippen molar-refractivity contribution in [1.82, 2.24) is 5.32 Å². The Labute approximate surface area is 162 Å². The monoisotopic (exact) mass is 378 g/mol. The third-order valence-electron chi connectivity index (χ3n) is 4.11. The minimum absolute atomic E-state index is 0.120. The van der Waals surface area contributed by atoms with Crippen LogP contribution in [-0.2, 0) is 22.6 Å². The number of nitrogens with one attached hydrogen (secondary N) is 2. The number of aromatic nitrogens is 1. The first-order valence-corrected chi connectivity index (χ1v) is 8.92. The topological polar surface area (TPSA) is 62.1 Å². The molecule has 0 atom stereocenters. The third-order valence-corrected chi connectivity index (χ3v) is 4.11. The Hall–Kier alpha value is -3.54. The molecule has 0 saturated heterocycles. The number of nitrogens with zero attached hydrogens (tertiary/aromatic N) is 1. The van der Waals surface area contributed by atoms with Crippen molar-refractivity contribution in [3.05, 3.63) is 96.1 Å². The first kappa shape index (κ1) is 19.2. The van der Waals surface area contributed by atoms with Crippen LogP contribution < -0.4 is 15.2 Å². The molecule has 28 heavy (non-hydrogen) atoms. The Balaban J connectivity index is 1.44. The van der Waals surface area contributed by atoms with Crippen LogP contribution in [0.25, 0.3) is 0 Å². The molecule has 0 unspecified atom stereocenters. The fourth-order valence-corrected chi connectivity index (χ4v) is 2.68. The van der Waals surface area contributed by atoms with Gasteiger partial charge in [-0.3, -0.25) is 9.59 Å². The van der Waals surface area contributed by atoms with E-state index in [0.29, 0.717) is 5.69 Å². The van der Waals surface area contributed by atoms with Crippen LogP contribution in [0.5, 0.6) is 0 Å². The zero-order valence-corrected chi connectivity index (χ0v) is 15.3. The second kappa shape index (κ2) is 9.41. The lowest BCUT2D eigenvalue weighted by atomic mass is 10.1. The largest absolute Gasteiger partial charge is 0.342 e. The number of benzene rings is 2. The molecule has 0 saturated carbocycles. The smallest absolute Gasteiger partial charge is 0.286 e. The van der Waals surface area contributed by atoms with Crippen molar-refractivity contribution in [3.63, 3.8) is 0 Å². The molecule has 1 aromatic heterocycles. The number of hydrogen-bond donors (Lipinski definition) is 2. The average Bonchev–Trinajstić information content (AvgIpc) is 2.70. The van der Waals surface area contributed by atoms with Gasteiger partial charge in [-0.2, -0.15) is 4.57 Å². The van der Waals surface area contributed by atoms with Gasteiger partial charge in [0.25, 0.3) is 5.91 Å². The molecule has 0 radical (unpaired) electrons. The fraction of sp³-hybridized carbons (Fsp3) is 0.136. The van der Waals surface area contributed by atoms with Crippen molar-refractivity contribution in [3.8, 4) is 0 Å². The van der Waals surface area contributed by atoms with Gasteiger partial charge in [0.1, 0.15) is 5.82 Å². The van der Waals surface area contributed by atoms with E-state index in [4.69, 9.17) is 0 Å². The van der Waals surface area contributed by atoms with Crippen LogP contribution in [-0.4, -0.2) is 18.4 Å². The minimum Gasteiger partial charge on any atom is -0.342 e. The number of anilines is 1. The first-order chi connectivity index (χ1) is 13.6. The lowest BCUT2D eigenvalue weighted by Gasteiger charge is -2.06. The number of carbonyl (C=O) groups is 2. The van der Waals surface area contributed by atoms with E-state index in [2.05, 4.69) is 22.8 Å². The normalized spacial score (nSPS) is 10.3. The molecular formula is C22H21FN3O2+. The summed E-state index contributed by atoms with van der Waals surface area (Å²) in [5.74, 6) is -1.02. The van der Waals surface area contributed by atoms with Gasteiger partial charge in [0, 0.05) is 17.8 Å². The standard InChI is InChI=1S/C22H20FN3O2/c23-19-6-8-20(9-7-19)25-21(27)15-24-22(28)16-26-12-10-18(11-13-26)14-17-4-2-1-3-5-17/h1-13H,14-16H2,(H-,24,25,27,28)/p+1. The molecule has 0 spiro atoms. The average molecular weight is 378 g/mol. The third kappa shape index (κ3) is 6.02. The summed E-state index contributed by atoms with van der Waals surface area (Å²) in [6.45, 7) is -0.0295. The van der Waals surface area contributed by atoms with E-state index in [-0.39, 0.29) is 30.7 Å². The molecule has 142 valence electrons. The maximum atomic E-state index is 12.8. The fourth-order valence-electron chi connectivity index (χ4n) is 2.68. The van der Waals surface area contributed by atoms with Crippen LogP contribution in [0.4, 0.5) is 10.1 Å². The molecule has 0 bridgehead atoms. The van der Waals surface area contributed by atoms with Crippen LogP contribution in [0, 0.1) is 5.82 Å². The highest BCUT2D eigenvalue weighted by molar-refractivity contribution is 5.94. The van der Waals surface area contributed by atoms with Gasteiger partial charge in [0.15, 0.2) is 12.4 Å². The highest BCUT2D eigenvalue weighted by Gasteiger charge is 2.11. The van der Waals surface area contributed by atoms with Crippen LogP contribution in [0.2, 0.25) is 0 Å². The Morgan fingerprint density at radius 2 is 1.46 bits per heavy atom. The summed E-state index contributed by atoms with van der Waals surface area (Å²) in [6, 6.07) is 19.5. The van der Waals surface area contributed by atoms with Gasteiger partial charge in [0.05, 0.1) is 6.54 Å². The maximum absolute atomic E-state index is 12.8. The summed E-state index contributed by atoms with van der Waals surface area (Å²) in [5, 5.41) is 5.16. The molecule has 5 nitrogen and oxygen atoms in total. The maximum Gasteiger partial charge on any atom is 0.286 e. The summed E-state index contributed by atoms with van der Waals surface area (Å²) in [6.07, 6.45) is 4.52. The zero-order chi connectivity index (χ0) is 19.8. The Bertz CT molecular complexity index is 926. The number of hydrogen-bond acceptors (Lipinski definition) is 2. The van der Waals surface area contributed by atoms with Gasteiger partial charge in [-0.15, -0.1) is 0 Å². The molecular weight excluding hydrogens is 357 g/mol. The van der Waals surface area contributed by atoms with Gasteiger partial charge in [-0.1, -0.05) is 30.3 Å². The highest BCUT2D eigenvalue weighted by atomic mass is 19.1. The van der Waals surface area contributed by atoms with Crippen molar-refractivity contribution in [1.29, 1.82) is 0 Å². The Morgan fingerprint density at radius 1 is 0.821 bits per heavy atom. The molecule has 2 amide bonds. The molecule has 2 aromatic carbocycles. The van der Waals surface area contributed by atoms with Gasteiger partial charge < -0.3 is 10.6 Å². The Morgan fingerprint density at radius 3 is 2.14 bits per heavy atom. The van der Waals surface area contributed by atoms with Crippen LogP contribution in [0.15, 0.2) is 79.1 Å². The van der Waals surface area contributed by atoms with E-state index in [0.717, 1.165) is 12.0 Å². The van der Waals surface area contributed by atoms with Gasteiger partial charge >= 0.3 is 0 Å². The molecule has 0 aliphatic carbocycles. The van der Waals surface area contributed by atoms with Gasteiger partial charge in [-0.05, 0) is 41.8 Å². The first-order valence-electron chi connectivity index (χ1n) is 8.92. The molecule has 2 N–H and O–H groups in total. The summed E-state index contributed by atoms with van der Waals surface area (Å²) in [5.41, 5.74) is 2.86. The van der Waals surface area contributed by atoms with Crippen molar-refractivity contribution in [2.24, 2.45) is 0 Å². The molecule has 6 heteroatoms. The van der Waals surface area contributed by atoms with Gasteiger partial charge in [0.2, 0.25) is 12.5 Å². The highest BCUT2D eigenvalue weighted by Crippen LogP contribution is 2.08. The molecule has 0 aliphatic rings. The van der Waals surface area contributed by atoms with Crippen LogP contribution in [0.1, 0.15) is 11.1 Å². The van der Waals surface area contributed by atoms with E-state index in [1.165, 1.54) is 29.8 Å². The van der Waals surface area contributed by atoms with Crippen molar-refractivity contribution >= 4 is 17.5 Å². The molecule has 0 aliphatic heterocycles. The number of amides is 2. The van der Waals surface area contributed by atoms with E-state index >= 15 is 0 Å². The summed E-state index contributed by atoms with van der Waals surface area (Å²) < 4.78 is 14.6. The number of halogens is 1. The van der Waals surface area contributed by atoms with E-state index < -0.39 is 0 Å². The Kier molecular flexibility index (Phi) is 6.46. The number of carbonyl (C=O) groups excluding carboxylic acids is 2. The van der Waals surface area contributed by atoms with Crippen molar-refractivity contribution in [2.75, 3.05) is 11.9 Å². The van der Waals surface area contributed by atoms with Crippen LogP contribution >= 0.6 is 0 Å². The number of rotatable bonds is 7. The molecule has 3 rings (SSSR count). The molecule has 1 heterocycles. The lowest BCUT2D eigenvalue weighted by molar-refractivity contribution is -0.684. The number of pyridine rings is 1. The van der Waals surface area contributed by atoms with E-state index in [1.807, 2.05) is 42.7 Å². The quantitative estimate of drug-likeness (QED) is 0.621. The summed E-state index contributed by atoms with van der Waals surface area (Å²) in [4.78, 5) is 23.9. The molecule has 0 fully saturated rings. The van der Waals surface area contributed by atoms with Crippen molar-refractivity contribution in [2.45, 2.75) is 13.0 Å². The van der Waals surface area contributed by atoms with Crippen molar-refractivity contribution < 1.29 is 18.5 Å². The van der Waals surface area contributed by atoms with E-state index in [1.54, 1.807) is 4.57 Å². The van der Waals surface area contributed by atoms with Gasteiger partial charge in [-0.25, -0.2) is 4.39 Å². The molecule has 3 aromatic rings. The predicted octanol–water partition coefficient (Wildman–Crippen LogP) is 2.46.